The van der Waals surface area contributed by atoms with Crippen molar-refractivity contribution >= 4 is 11.7 Å². The number of hydrogen-bond acceptors (Lipinski definition) is 3. The van der Waals surface area contributed by atoms with Crippen molar-refractivity contribution in [3.63, 3.8) is 0 Å². The maximum absolute atomic E-state index is 12.2. The van der Waals surface area contributed by atoms with Gasteiger partial charge >= 0.3 is 0 Å². The van der Waals surface area contributed by atoms with Crippen LogP contribution in [0.2, 0.25) is 0 Å². The van der Waals surface area contributed by atoms with Gasteiger partial charge in [0.25, 0.3) is 5.91 Å². The van der Waals surface area contributed by atoms with Crippen molar-refractivity contribution in [3.05, 3.63) is 29.8 Å². The summed E-state index contributed by atoms with van der Waals surface area (Å²) in [6.07, 6.45) is 3.83. The van der Waals surface area contributed by atoms with Crippen molar-refractivity contribution < 1.29 is 14.3 Å². The molecule has 0 aliphatic carbocycles. The minimum absolute atomic E-state index is 0.0379. The van der Waals surface area contributed by atoms with Crippen LogP contribution in [0.15, 0.2) is 24.3 Å². The Hall–Kier alpha value is -1.84. The molecule has 2 rings (SSSR count). The Balaban J connectivity index is 1.87. The first kappa shape index (κ1) is 15.5. The third-order valence-electron chi connectivity index (χ3n) is 3.98. The van der Waals surface area contributed by atoms with Gasteiger partial charge in [0.05, 0.1) is 0 Å². The van der Waals surface area contributed by atoms with Gasteiger partial charge in [0.15, 0.2) is 12.4 Å². The summed E-state index contributed by atoms with van der Waals surface area (Å²) < 4.78 is 5.54. The van der Waals surface area contributed by atoms with E-state index in [0.29, 0.717) is 23.8 Å². The summed E-state index contributed by atoms with van der Waals surface area (Å²) in [7, 11) is 0. The van der Waals surface area contributed by atoms with Gasteiger partial charge in [0.1, 0.15) is 5.75 Å². The molecule has 1 amide bonds. The minimum atomic E-state index is 0.0379. The smallest absolute Gasteiger partial charge is 0.260 e. The van der Waals surface area contributed by atoms with E-state index in [4.69, 9.17) is 4.74 Å². The summed E-state index contributed by atoms with van der Waals surface area (Å²) in [5, 5.41) is 0. The first-order valence-electron chi connectivity index (χ1n) is 7.67. The molecular formula is C17H23NO3. The molecule has 1 aliphatic rings. The predicted molar refractivity (Wildman–Crippen MR) is 81.6 cm³/mol. The summed E-state index contributed by atoms with van der Waals surface area (Å²) in [6.45, 7) is 4.81. The van der Waals surface area contributed by atoms with Crippen LogP contribution < -0.4 is 4.74 Å². The number of carbonyl (C=O) groups excluding carboxylic acids is 2. The van der Waals surface area contributed by atoms with E-state index in [1.165, 1.54) is 6.42 Å². The Kier molecular flexibility index (Phi) is 5.37. The van der Waals surface area contributed by atoms with Gasteiger partial charge in [-0.1, -0.05) is 6.92 Å². The number of rotatable bonds is 5. The molecule has 0 aromatic heterocycles. The van der Waals surface area contributed by atoms with E-state index in [1.54, 1.807) is 24.3 Å². The monoisotopic (exact) mass is 289 g/mol. The van der Waals surface area contributed by atoms with E-state index >= 15 is 0 Å². The molecule has 0 N–H and O–H groups in total. The fourth-order valence-electron chi connectivity index (χ4n) is 2.64. The standard InChI is InChI=1S/C17H23NO3/c1-3-16(19)14-7-9-15(10-8-14)21-12-17(20)18-11-5-4-6-13(18)2/h7-10,13H,3-6,11-12H2,1-2H3. The highest BCUT2D eigenvalue weighted by atomic mass is 16.5. The van der Waals surface area contributed by atoms with Crippen molar-refractivity contribution in [1.82, 2.24) is 4.90 Å². The molecule has 21 heavy (non-hydrogen) atoms. The molecule has 1 aliphatic heterocycles. The number of amides is 1. The molecule has 1 saturated heterocycles. The number of carbonyl (C=O) groups is 2. The maximum atomic E-state index is 12.2. The third kappa shape index (κ3) is 4.06. The van der Waals surface area contributed by atoms with Gasteiger partial charge in [-0.3, -0.25) is 9.59 Å². The zero-order valence-electron chi connectivity index (χ0n) is 12.8. The second-order valence-corrected chi connectivity index (χ2v) is 5.52. The van der Waals surface area contributed by atoms with E-state index in [1.807, 2.05) is 11.8 Å². The van der Waals surface area contributed by atoms with Gasteiger partial charge in [-0.05, 0) is 50.5 Å². The van der Waals surface area contributed by atoms with Crippen LogP contribution in [0.25, 0.3) is 0 Å². The highest BCUT2D eigenvalue weighted by Crippen LogP contribution is 2.17. The summed E-state index contributed by atoms with van der Waals surface area (Å²) in [5.41, 5.74) is 0.681. The molecule has 4 heteroatoms. The fourth-order valence-corrected chi connectivity index (χ4v) is 2.64. The molecule has 1 fully saturated rings. The van der Waals surface area contributed by atoms with Gasteiger partial charge in [-0.2, -0.15) is 0 Å². The van der Waals surface area contributed by atoms with Crippen LogP contribution in [0, 0.1) is 0 Å². The number of ketones is 1. The van der Waals surface area contributed by atoms with Crippen LogP contribution in [0.3, 0.4) is 0 Å². The highest BCUT2D eigenvalue weighted by molar-refractivity contribution is 5.95. The molecule has 0 bridgehead atoms. The first-order valence-corrected chi connectivity index (χ1v) is 7.67. The molecule has 1 heterocycles. The van der Waals surface area contributed by atoms with Crippen molar-refractivity contribution in [2.24, 2.45) is 0 Å². The number of likely N-dealkylation sites (tertiary alicyclic amines) is 1. The van der Waals surface area contributed by atoms with E-state index in [-0.39, 0.29) is 18.3 Å². The van der Waals surface area contributed by atoms with E-state index < -0.39 is 0 Å². The van der Waals surface area contributed by atoms with E-state index in [0.717, 1.165) is 19.4 Å². The Morgan fingerprint density at radius 3 is 2.57 bits per heavy atom. The summed E-state index contributed by atoms with van der Waals surface area (Å²) in [5.74, 6) is 0.774. The van der Waals surface area contributed by atoms with Crippen LogP contribution in [0.5, 0.6) is 5.75 Å². The number of hydrogen-bond donors (Lipinski definition) is 0. The van der Waals surface area contributed by atoms with Gasteiger partial charge in [-0.25, -0.2) is 0 Å². The lowest BCUT2D eigenvalue weighted by Gasteiger charge is -2.33. The molecule has 0 spiro atoms. The second-order valence-electron chi connectivity index (χ2n) is 5.52. The molecule has 4 nitrogen and oxygen atoms in total. The first-order chi connectivity index (χ1) is 10.1. The molecular weight excluding hydrogens is 266 g/mol. The molecule has 1 aromatic carbocycles. The van der Waals surface area contributed by atoms with Crippen LogP contribution in [0.1, 0.15) is 49.9 Å². The zero-order valence-corrected chi connectivity index (χ0v) is 12.8. The summed E-state index contributed by atoms with van der Waals surface area (Å²) >= 11 is 0. The Bertz CT molecular complexity index is 495. The third-order valence-corrected chi connectivity index (χ3v) is 3.98. The minimum Gasteiger partial charge on any atom is -0.484 e. The summed E-state index contributed by atoms with van der Waals surface area (Å²) in [4.78, 5) is 25.6. The molecule has 114 valence electrons. The number of piperidine rings is 1. The maximum Gasteiger partial charge on any atom is 0.260 e. The molecule has 0 saturated carbocycles. The Morgan fingerprint density at radius 2 is 1.95 bits per heavy atom. The fraction of sp³-hybridized carbons (Fsp3) is 0.529. The van der Waals surface area contributed by atoms with Crippen molar-refractivity contribution in [2.45, 2.75) is 45.6 Å². The van der Waals surface area contributed by atoms with E-state index in [9.17, 15) is 9.59 Å². The van der Waals surface area contributed by atoms with Crippen molar-refractivity contribution in [2.75, 3.05) is 13.2 Å². The van der Waals surface area contributed by atoms with Gasteiger partial charge in [0.2, 0.25) is 0 Å². The van der Waals surface area contributed by atoms with Crippen LogP contribution in [-0.4, -0.2) is 35.8 Å². The predicted octanol–water partition coefficient (Wildman–Crippen LogP) is 3.06. The van der Waals surface area contributed by atoms with Crippen LogP contribution in [0.4, 0.5) is 0 Å². The molecule has 1 aromatic rings. The number of benzene rings is 1. The Labute approximate surface area is 126 Å². The lowest BCUT2D eigenvalue weighted by atomic mass is 10.0. The van der Waals surface area contributed by atoms with Gasteiger partial charge < -0.3 is 9.64 Å². The normalized spacial score (nSPS) is 18.4. The number of Topliss-reactive ketones (excluding diaryl/α,β-unsaturated/α-hetero) is 1. The van der Waals surface area contributed by atoms with Crippen LogP contribution in [-0.2, 0) is 4.79 Å². The molecule has 0 radical (unpaired) electrons. The SMILES string of the molecule is CCC(=O)c1ccc(OCC(=O)N2CCCCC2C)cc1. The number of nitrogens with zero attached hydrogens (tertiary/aromatic N) is 1. The van der Waals surface area contributed by atoms with Gasteiger partial charge in [0, 0.05) is 24.6 Å². The molecule has 1 atom stereocenters. The quantitative estimate of drug-likeness (QED) is 0.783. The Morgan fingerprint density at radius 1 is 1.24 bits per heavy atom. The average molecular weight is 289 g/mol. The van der Waals surface area contributed by atoms with Gasteiger partial charge in [-0.15, -0.1) is 0 Å². The second kappa shape index (κ2) is 7.25. The summed E-state index contributed by atoms with van der Waals surface area (Å²) in [6, 6.07) is 7.29. The highest BCUT2D eigenvalue weighted by Gasteiger charge is 2.23. The lowest BCUT2D eigenvalue weighted by molar-refractivity contribution is -0.136. The van der Waals surface area contributed by atoms with Crippen molar-refractivity contribution in [1.29, 1.82) is 0 Å². The number of ether oxygens (including phenoxy) is 1. The largest absolute Gasteiger partial charge is 0.484 e. The average Bonchev–Trinajstić information content (AvgIpc) is 2.52. The van der Waals surface area contributed by atoms with E-state index in [2.05, 4.69) is 6.92 Å². The lowest BCUT2D eigenvalue weighted by Crippen LogP contribution is -2.44. The van der Waals surface area contributed by atoms with Crippen molar-refractivity contribution in [3.8, 4) is 5.75 Å². The van der Waals surface area contributed by atoms with Crippen LogP contribution >= 0.6 is 0 Å². The topological polar surface area (TPSA) is 46.6 Å². The molecule has 1 unspecified atom stereocenters. The zero-order chi connectivity index (χ0) is 15.2.